The zero-order valence-corrected chi connectivity index (χ0v) is 18.1. The fraction of sp³-hybridized carbons (Fsp3) is 0.381. The molecule has 1 saturated heterocycles. The summed E-state index contributed by atoms with van der Waals surface area (Å²) in [5.74, 6) is -0.651. The predicted molar refractivity (Wildman–Crippen MR) is 117 cm³/mol. The third-order valence-electron chi connectivity index (χ3n) is 5.43. The largest absolute Gasteiger partial charge is 0.349 e. The van der Waals surface area contributed by atoms with Crippen LogP contribution < -0.4 is 16.0 Å². The smallest absolute Gasteiger partial charge is 0.257 e. The molecule has 3 heterocycles. The van der Waals surface area contributed by atoms with E-state index in [2.05, 4.69) is 15.4 Å². The number of carbonyl (C=O) groups is 1. The van der Waals surface area contributed by atoms with Gasteiger partial charge in [0.05, 0.1) is 12.2 Å². The van der Waals surface area contributed by atoms with Gasteiger partial charge in [-0.1, -0.05) is 0 Å². The number of benzene rings is 1. The van der Waals surface area contributed by atoms with E-state index in [-0.39, 0.29) is 30.9 Å². The molecule has 4 rings (SSSR count). The van der Waals surface area contributed by atoms with Crippen molar-refractivity contribution in [3.8, 4) is 0 Å². The van der Waals surface area contributed by atoms with E-state index in [1.54, 1.807) is 12.3 Å². The molecule has 1 atom stereocenters. The van der Waals surface area contributed by atoms with Crippen LogP contribution in [-0.4, -0.2) is 39.1 Å². The minimum atomic E-state index is -0.572. The number of anilines is 1. The van der Waals surface area contributed by atoms with Crippen molar-refractivity contribution in [1.82, 2.24) is 19.9 Å². The highest BCUT2D eigenvalue weighted by molar-refractivity contribution is 6.00. The van der Waals surface area contributed by atoms with Gasteiger partial charge in [-0.2, -0.15) is 5.10 Å². The molecule has 0 radical (unpaired) electrons. The van der Waals surface area contributed by atoms with E-state index in [4.69, 9.17) is 5.73 Å². The van der Waals surface area contributed by atoms with Gasteiger partial charge < -0.3 is 16.0 Å². The molecule has 3 N–H and O–H groups in total. The van der Waals surface area contributed by atoms with Crippen LogP contribution in [0.15, 0.2) is 36.7 Å². The molecule has 7 nitrogen and oxygen atoms in total. The summed E-state index contributed by atoms with van der Waals surface area (Å²) in [4.78, 5) is 19.3. The second-order valence-electron chi connectivity index (χ2n) is 8.17. The van der Waals surface area contributed by atoms with Crippen molar-refractivity contribution >= 4 is 29.8 Å². The highest BCUT2D eigenvalue weighted by atomic mass is 35.5. The normalized spacial score (nSPS) is 16.4. The maximum atomic E-state index is 14.4. The van der Waals surface area contributed by atoms with E-state index < -0.39 is 17.2 Å². The second kappa shape index (κ2) is 8.76. The first-order chi connectivity index (χ1) is 14.3. The summed E-state index contributed by atoms with van der Waals surface area (Å²) in [6.45, 7) is 4.60. The number of halogens is 3. The third kappa shape index (κ3) is 4.47. The molecule has 1 aliphatic rings. The molecule has 0 unspecified atom stereocenters. The van der Waals surface area contributed by atoms with Crippen LogP contribution in [0, 0.1) is 11.6 Å². The molecule has 1 aromatic carbocycles. The number of nitrogens with two attached hydrogens (primary N) is 1. The first-order valence-corrected chi connectivity index (χ1v) is 9.87. The monoisotopic (exact) mass is 450 g/mol. The topological polar surface area (TPSA) is 88.5 Å². The first kappa shape index (κ1) is 22.9. The molecule has 10 heteroatoms. The lowest BCUT2D eigenvalue weighted by molar-refractivity contribution is 0.0917. The lowest BCUT2D eigenvalue weighted by Crippen LogP contribution is -2.48. The van der Waals surface area contributed by atoms with E-state index >= 15 is 0 Å². The number of aromatic nitrogens is 3. The lowest BCUT2D eigenvalue weighted by atomic mass is 10.0. The molecule has 0 aliphatic carbocycles. The van der Waals surface area contributed by atoms with E-state index in [1.165, 1.54) is 16.8 Å². The van der Waals surface area contributed by atoms with Crippen molar-refractivity contribution in [2.45, 2.75) is 38.3 Å². The molecular formula is C21H25ClF2N6O. The van der Waals surface area contributed by atoms with Crippen LogP contribution in [0.2, 0.25) is 0 Å². The molecule has 166 valence electrons. The first-order valence-electron chi connectivity index (χ1n) is 9.87. The van der Waals surface area contributed by atoms with Crippen LogP contribution in [0.1, 0.15) is 48.7 Å². The van der Waals surface area contributed by atoms with Gasteiger partial charge in [-0.05, 0) is 51.0 Å². The molecule has 0 bridgehead atoms. The summed E-state index contributed by atoms with van der Waals surface area (Å²) >= 11 is 0. The molecule has 1 amide bonds. The maximum absolute atomic E-state index is 14.4. The van der Waals surface area contributed by atoms with Gasteiger partial charge in [0.25, 0.3) is 5.91 Å². The summed E-state index contributed by atoms with van der Waals surface area (Å²) in [7, 11) is 0. The lowest BCUT2D eigenvalue weighted by Gasteiger charge is -2.26. The van der Waals surface area contributed by atoms with Crippen molar-refractivity contribution in [3.63, 3.8) is 0 Å². The quantitative estimate of drug-likeness (QED) is 0.623. The molecule has 2 aromatic heterocycles. The Morgan fingerprint density at radius 1 is 1.32 bits per heavy atom. The summed E-state index contributed by atoms with van der Waals surface area (Å²) in [6, 6.07) is 4.94. The Balaban J connectivity index is 0.00000272. The van der Waals surface area contributed by atoms with Crippen molar-refractivity contribution in [2.24, 2.45) is 5.73 Å². The fourth-order valence-electron chi connectivity index (χ4n) is 3.74. The van der Waals surface area contributed by atoms with Crippen molar-refractivity contribution in [3.05, 3.63) is 59.4 Å². The van der Waals surface area contributed by atoms with Gasteiger partial charge in [-0.3, -0.25) is 4.79 Å². The van der Waals surface area contributed by atoms with Crippen molar-refractivity contribution in [1.29, 1.82) is 0 Å². The van der Waals surface area contributed by atoms with Gasteiger partial charge in [-0.15, -0.1) is 12.4 Å². The van der Waals surface area contributed by atoms with Crippen LogP contribution in [0.4, 0.5) is 14.6 Å². The van der Waals surface area contributed by atoms with E-state index in [0.29, 0.717) is 35.6 Å². The minimum absolute atomic E-state index is 0. The molecule has 1 aliphatic heterocycles. The maximum Gasteiger partial charge on any atom is 0.257 e. The van der Waals surface area contributed by atoms with Crippen LogP contribution >= 0.6 is 12.4 Å². The number of nitrogens with zero attached hydrogens (tertiary/aromatic N) is 4. The number of hydrogen-bond donors (Lipinski definition) is 2. The second-order valence-corrected chi connectivity index (χ2v) is 8.17. The highest BCUT2D eigenvalue weighted by Gasteiger charge is 2.30. The number of fused-ring (bicyclic) bond motifs is 1. The summed E-state index contributed by atoms with van der Waals surface area (Å²) in [5, 5.41) is 7.08. The number of nitrogens with one attached hydrogen (secondary N) is 1. The van der Waals surface area contributed by atoms with Gasteiger partial charge in [0.1, 0.15) is 23.0 Å². The molecule has 0 saturated carbocycles. The van der Waals surface area contributed by atoms with Gasteiger partial charge in [0.2, 0.25) is 0 Å². The summed E-state index contributed by atoms with van der Waals surface area (Å²) < 4.78 is 29.6. The molecule has 1 fully saturated rings. The Morgan fingerprint density at radius 2 is 2.10 bits per heavy atom. The van der Waals surface area contributed by atoms with Crippen molar-refractivity contribution < 1.29 is 13.6 Å². The standard InChI is InChI=1S/C21H24F2N6O.ClH/c1-21(2,12-24)27-20(30)15-11-25-29-9-7-18(26-19(15)29)28-8-3-4-17(28)14-10-13(22)5-6-16(14)23;/h5-7,9-11,17H,3-4,8,12,24H2,1-2H3,(H,27,30);1H/t17-;/m1./s1. The Morgan fingerprint density at radius 3 is 2.84 bits per heavy atom. The van der Waals surface area contributed by atoms with E-state index in [9.17, 15) is 13.6 Å². The molecule has 31 heavy (non-hydrogen) atoms. The average Bonchev–Trinajstić information content (AvgIpc) is 3.36. The van der Waals surface area contributed by atoms with Gasteiger partial charge in [0.15, 0.2) is 5.65 Å². The fourth-order valence-corrected chi connectivity index (χ4v) is 3.74. The summed E-state index contributed by atoms with van der Waals surface area (Å²) in [5.41, 5.74) is 6.16. The molecule has 3 aromatic rings. The van der Waals surface area contributed by atoms with Crippen LogP contribution in [-0.2, 0) is 0 Å². The third-order valence-corrected chi connectivity index (χ3v) is 5.43. The average molecular weight is 451 g/mol. The highest BCUT2D eigenvalue weighted by Crippen LogP contribution is 2.36. The van der Waals surface area contributed by atoms with E-state index in [1.807, 2.05) is 18.7 Å². The SMILES string of the molecule is CC(C)(CN)NC(=O)c1cnn2ccc(N3CCC[C@@H]3c3cc(F)ccc3F)nc12.Cl. The van der Waals surface area contributed by atoms with Crippen molar-refractivity contribution in [2.75, 3.05) is 18.0 Å². The van der Waals surface area contributed by atoms with Gasteiger partial charge in [0, 0.05) is 30.4 Å². The Labute approximate surface area is 185 Å². The van der Waals surface area contributed by atoms with E-state index in [0.717, 1.165) is 18.6 Å². The summed E-state index contributed by atoms with van der Waals surface area (Å²) in [6.07, 6.45) is 4.68. The number of carbonyl (C=O) groups excluding carboxylic acids is 1. The Bertz CT molecular complexity index is 1100. The minimum Gasteiger partial charge on any atom is -0.349 e. The number of rotatable bonds is 5. The van der Waals surface area contributed by atoms with Crippen LogP contribution in [0.3, 0.4) is 0 Å². The van der Waals surface area contributed by atoms with Crippen LogP contribution in [0.25, 0.3) is 5.65 Å². The van der Waals surface area contributed by atoms with Crippen LogP contribution in [0.5, 0.6) is 0 Å². The number of hydrogen-bond acceptors (Lipinski definition) is 5. The number of amides is 1. The molecule has 0 spiro atoms. The van der Waals surface area contributed by atoms with Gasteiger partial charge >= 0.3 is 0 Å². The zero-order chi connectivity index (χ0) is 21.5. The van der Waals surface area contributed by atoms with Gasteiger partial charge in [-0.25, -0.2) is 18.3 Å². The zero-order valence-electron chi connectivity index (χ0n) is 17.3. The Hall–Kier alpha value is -2.78. The Kier molecular flexibility index (Phi) is 6.47. The predicted octanol–water partition coefficient (Wildman–Crippen LogP) is 3.24. The molecular weight excluding hydrogens is 426 g/mol.